The lowest BCUT2D eigenvalue weighted by Crippen LogP contribution is -2.03. The summed E-state index contributed by atoms with van der Waals surface area (Å²) in [6.45, 7) is 4.64. The van der Waals surface area contributed by atoms with Crippen LogP contribution in [0.25, 0.3) is 0 Å². The van der Waals surface area contributed by atoms with Crippen molar-refractivity contribution in [3.05, 3.63) is 81.4 Å². The van der Waals surface area contributed by atoms with E-state index < -0.39 is 0 Å². The molecule has 5 aliphatic carbocycles. The first-order chi connectivity index (χ1) is 12.3. The SMILES string of the molecule is CCCC1=C(CCC)C1c1cc2ccc1CCc1ccc(cc1)CC2. The molecule has 0 aromatic heterocycles. The third-order valence-electron chi connectivity index (χ3n) is 5.99. The van der Waals surface area contributed by atoms with Crippen LogP contribution in [-0.4, -0.2) is 0 Å². The lowest BCUT2D eigenvalue weighted by atomic mass is 9.89. The number of allylic oxidation sites excluding steroid dienone is 2. The molecule has 0 saturated carbocycles. The van der Waals surface area contributed by atoms with Crippen LogP contribution in [0.4, 0.5) is 0 Å². The second-order valence-electron chi connectivity index (χ2n) is 7.83. The third-order valence-corrected chi connectivity index (χ3v) is 5.99. The minimum atomic E-state index is 0.679. The molecular weight excluding hydrogens is 300 g/mol. The zero-order chi connectivity index (χ0) is 17.2. The molecule has 4 bridgehead atoms. The summed E-state index contributed by atoms with van der Waals surface area (Å²) in [6, 6.07) is 16.7. The minimum Gasteiger partial charge on any atom is -0.0651 e. The van der Waals surface area contributed by atoms with E-state index in [0.717, 1.165) is 19.3 Å². The van der Waals surface area contributed by atoms with Gasteiger partial charge in [0.25, 0.3) is 0 Å². The van der Waals surface area contributed by atoms with Crippen LogP contribution in [0.3, 0.4) is 0 Å². The molecule has 0 saturated heterocycles. The van der Waals surface area contributed by atoms with Crippen molar-refractivity contribution < 1.29 is 0 Å². The second-order valence-corrected chi connectivity index (χ2v) is 7.83. The van der Waals surface area contributed by atoms with E-state index in [1.165, 1.54) is 48.8 Å². The smallest absolute Gasteiger partial charge is 0.0266 e. The molecule has 0 heterocycles. The Morgan fingerprint density at radius 2 is 1.20 bits per heavy atom. The van der Waals surface area contributed by atoms with Gasteiger partial charge in [-0.05, 0) is 66.3 Å². The topological polar surface area (TPSA) is 0 Å². The van der Waals surface area contributed by atoms with E-state index in [9.17, 15) is 0 Å². The van der Waals surface area contributed by atoms with Gasteiger partial charge in [0, 0.05) is 5.92 Å². The van der Waals surface area contributed by atoms with Gasteiger partial charge in [-0.3, -0.25) is 0 Å². The van der Waals surface area contributed by atoms with Gasteiger partial charge in [0.05, 0.1) is 0 Å². The Labute approximate surface area is 153 Å². The average molecular weight is 331 g/mol. The quantitative estimate of drug-likeness (QED) is 0.544. The van der Waals surface area contributed by atoms with Gasteiger partial charge in [0.15, 0.2) is 0 Å². The summed E-state index contributed by atoms with van der Waals surface area (Å²) in [7, 11) is 0. The van der Waals surface area contributed by atoms with Crippen LogP contribution in [0.5, 0.6) is 0 Å². The molecule has 0 spiro atoms. The van der Waals surface area contributed by atoms with E-state index in [-0.39, 0.29) is 0 Å². The van der Waals surface area contributed by atoms with Crippen molar-refractivity contribution in [2.24, 2.45) is 0 Å². The molecule has 130 valence electrons. The standard InChI is InChI=1S/C25H30/c1-3-5-22-23(6-4-2)25(22)24-17-20-12-11-18-7-9-19(10-8-18)13-15-21(24)16-14-20/h7-10,14,16-17,25H,3-6,11-13,15H2,1-2H3. The fourth-order valence-electron chi connectivity index (χ4n) is 4.58. The maximum atomic E-state index is 2.55. The molecule has 0 unspecified atom stereocenters. The van der Waals surface area contributed by atoms with Crippen LogP contribution >= 0.6 is 0 Å². The highest BCUT2D eigenvalue weighted by Crippen LogP contribution is 2.53. The number of rotatable bonds is 5. The van der Waals surface area contributed by atoms with Crippen molar-refractivity contribution in [2.75, 3.05) is 0 Å². The highest BCUT2D eigenvalue weighted by molar-refractivity contribution is 5.57. The van der Waals surface area contributed by atoms with Crippen LogP contribution in [-0.2, 0) is 25.7 Å². The lowest BCUT2D eigenvalue weighted by Gasteiger charge is -2.15. The monoisotopic (exact) mass is 330 g/mol. The summed E-state index contributed by atoms with van der Waals surface area (Å²) in [5, 5.41) is 0. The van der Waals surface area contributed by atoms with Crippen molar-refractivity contribution in [1.82, 2.24) is 0 Å². The highest BCUT2D eigenvalue weighted by atomic mass is 14.4. The number of hydrogen-bond acceptors (Lipinski definition) is 0. The normalized spacial score (nSPS) is 16.9. The third kappa shape index (κ3) is 3.45. The highest BCUT2D eigenvalue weighted by Gasteiger charge is 2.36. The average Bonchev–Trinajstić information content (AvgIpc) is 3.30. The first-order valence-corrected chi connectivity index (χ1v) is 10.2. The Morgan fingerprint density at radius 3 is 1.80 bits per heavy atom. The molecule has 0 fully saturated rings. The fraction of sp³-hybridized carbons (Fsp3) is 0.440. The van der Waals surface area contributed by atoms with Gasteiger partial charge in [0.2, 0.25) is 0 Å². The van der Waals surface area contributed by atoms with Crippen LogP contribution < -0.4 is 0 Å². The van der Waals surface area contributed by atoms with Gasteiger partial charge in [-0.25, -0.2) is 0 Å². The summed E-state index contributed by atoms with van der Waals surface area (Å²) >= 11 is 0. The number of benzene rings is 2. The van der Waals surface area contributed by atoms with E-state index in [1.54, 1.807) is 22.3 Å². The molecule has 0 N–H and O–H groups in total. The largest absolute Gasteiger partial charge is 0.0651 e. The van der Waals surface area contributed by atoms with E-state index in [1.807, 2.05) is 0 Å². The van der Waals surface area contributed by atoms with Crippen LogP contribution in [0.1, 0.15) is 73.3 Å². The molecule has 7 rings (SSSR count). The van der Waals surface area contributed by atoms with Crippen LogP contribution in [0.15, 0.2) is 53.6 Å². The lowest BCUT2D eigenvalue weighted by molar-refractivity contribution is 0.859. The van der Waals surface area contributed by atoms with Gasteiger partial charge in [-0.2, -0.15) is 0 Å². The molecule has 0 nitrogen and oxygen atoms in total. The number of aryl methyl sites for hydroxylation is 4. The first kappa shape index (κ1) is 16.6. The van der Waals surface area contributed by atoms with Gasteiger partial charge < -0.3 is 0 Å². The summed E-state index contributed by atoms with van der Waals surface area (Å²) < 4.78 is 0. The Hall–Kier alpha value is -1.82. The maximum absolute atomic E-state index is 2.55. The molecule has 0 aliphatic heterocycles. The van der Waals surface area contributed by atoms with Crippen molar-refractivity contribution in [2.45, 2.75) is 71.1 Å². The van der Waals surface area contributed by atoms with E-state index in [2.05, 4.69) is 56.3 Å². The first-order valence-electron chi connectivity index (χ1n) is 10.2. The fourth-order valence-corrected chi connectivity index (χ4v) is 4.58. The van der Waals surface area contributed by atoms with E-state index >= 15 is 0 Å². The number of hydrogen-bond donors (Lipinski definition) is 0. The van der Waals surface area contributed by atoms with Gasteiger partial charge in [-0.1, -0.05) is 80.3 Å². The molecule has 0 amide bonds. The molecule has 5 aliphatic rings. The van der Waals surface area contributed by atoms with Crippen LogP contribution in [0, 0.1) is 0 Å². The predicted octanol–water partition coefficient (Wildman–Crippen LogP) is 6.56. The molecule has 0 radical (unpaired) electrons. The summed E-state index contributed by atoms with van der Waals surface area (Å²) in [4.78, 5) is 0. The molecule has 0 atom stereocenters. The summed E-state index contributed by atoms with van der Waals surface area (Å²) in [5.74, 6) is 0.679. The second kappa shape index (κ2) is 7.20. The Morgan fingerprint density at radius 1 is 0.680 bits per heavy atom. The minimum absolute atomic E-state index is 0.679. The molecule has 25 heavy (non-hydrogen) atoms. The molecule has 0 heteroatoms. The Balaban J connectivity index is 1.66. The zero-order valence-electron chi connectivity index (χ0n) is 15.8. The predicted molar refractivity (Wildman–Crippen MR) is 107 cm³/mol. The van der Waals surface area contributed by atoms with Crippen LogP contribution in [0.2, 0.25) is 0 Å². The van der Waals surface area contributed by atoms with E-state index in [0.29, 0.717) is 5.92 Å². The van der Waals surface area contributed by atoms with E-state index in [4.69, 9.17) is 0 Å². The summed E-state index contributed by atoms with van der Waals surface area (Å²) in [5.41, 5.74) is 11.2. The molecular formula is C25H30. The Kier molecular flexibility index (Phi) is 4.79. The maximum Gasteiger partial charge on any atom is 0.0266 e. The molecule has 2 aromatic carbocycles. The zero-order valence-corrected chi connectivity index (χ0v) is 15.8. The van der Waals surface area contributed by atoms with Gasteiger partial charge in [0.1, 0.15) is 0 Å². The van der Waals surface area contributed by atoms with Crippen molar-refractivity contribution >= 4 is 0 Å². The van der Waals surface area contributed by atoms with Crippen molar-refractivity contribution in [3.8, 4) is 0 Å². The summed E-state index contributed by atoms with van der Waals surface area (Å²) in [6.07, 6.45) is 9.79. The molecule has 2 aromatic rings. The van der Waals surface area contributed by atoms with Gasteiger partial charge in [-0.15, -0.1) is 0 Å². The Bertz CT molecular complexity index is 760. The van der Waals surface area contributed by atoms with Gasteiger partial charge >= 0.3 is 0 Å². The van der Waals surface area contributed by atoms with Crippen molar-refractivity contribution in [3.63, 3.8) is 0 Å². The van der Waals surface area contributed by atoms with Crippen molar-refractivity contribution in [1.29, 1.82) is 0 Å².